The number of nitrogens with zero attached hydrogens (tertiary/aromatic N) is 2. The summed E-state index contributed by atoms with van der Waals surface area (Å²) in [5.41, 5.74) is 4.01. The fourth-order valence-electron chi connectivity index (χ4n) is 4.87. The van der Waals surface area contributed by atoms with Gasteiger partial charge in [0.2, 0.25) is 17.7 Å². The lowest BCUT2D eigenvalue weighted by Gasteiger charge is -2.35. The van der Waals surface area contributed by atoms with Gasteiger partial charge in [0, 0.05) is 19.5 Å². The van der Waals surface area contributed by atoms with Crippen molar-refractivity contribution in [2.45, 2.75) is 58.8 Å². The third kappa shape index (κ3) is 12.6. The van der Waals surface area contributed by atoms with Gasteiger partial charge in [-0.05, 0) is 23.5 Å². The molecule has 0 radical (unpaired) electrons. The van der Waals surface area contributed by atoms with E-state index in [0.29, 0.717) is 0 Å². The summed E-state index contributed by atoms with van der Waals surface area (Å²) in [6, 6.07) is 5.98. The second-order valence-corrected chi connectivity index (χ2v) is 13.0. The standard InChI is InChI=1S/C32H46N4O10S/c1-21-28(47-20-34-21)23-7-5-22(6-8-23)16-33-30(41)25-15-24(37)17-36(25)31(42)29(32(2,3)4)35-26(38)18-45-13-11-43-9-10-44-12-14-46-19-27(39)40/h5-8,20,24-25,29,37H,9-19H2,1-4H3,(H,33,41)(H,35,38)(H,39,40). The Morgan fingerprint density at radius 3 is 2.13 bits per heavy atom. The number of carboxylic acid groups (broad SMARTS) is 1. The number of hydrogen-bond acceptors (Lipinski definition) is 11. The van der Waals surface area contributed by atoms with Crippen molar-refractivity contribution in [3.05, 3.63) is 41.0 Å². The molecule has 3 atom stereocenters. The van der Waals surface area contributed by atoms with Gasteiger partial charge in [-0.1, -0.05) is 45.0 Å². The van der Waals surface area contributed by atoms with Gasteiger partial charge < -0.3 is 44.7 Å². The van der Waals surface area contributed by atoms with Crippen LogP contribution in [0.1, 0.15) is 38.4 Å². The summed E-state index contributed by atoms with van der Waals surface area (Å²) in [7, 11) is 0. The van der Waals surface area contributed by atoms with E-state index >= 15 is 0 Å². The van der Waals surface area contributed by atoms with Gasteiger partial charge in [-0.25, -0.2) is 9.78 Å². The number of aliphatic hydroxyl groups excluding tert-OH is 1. The van der Waals surface area contributed by atoms with E-state index in [1.807, 2.05) is 52.0 Å². The van der Waals surface area contributed by atoms with Crippen molar-refractivity contribution in [1.29, 1.82) is 0 Å². The Labute approximate surface area is 278 Å². The van der Waals surface area contributed by atoms with Crippen LogP contribution in [0.4, 0.5) is 0 Å². The van der Waals surface area contributed by atoms with E-state index in [1.165, 1.54) is 4.90 Å². The van der Waals surface area contributed by atoms with Gasteiger partial charge in [-0.2, -0.15) is 0 Å². The number of hydrogen-bond donors (Lipinski definition) is 4. The summed E-state index contributed by atoms with van der Waals surface area (Å²) in [6.07, 6.45) is -0.773. The number of carbonyl (C=O) groups excluding carboxylic acids is 3. The third-order valence-electron chi connectivity index (χ3n) is 7.29. The molecule has 2 aromatic rings. The van der Waals surface area contributed by atoms with Gasteiger partial charge in [-0.3, -0.25) is 14.4 Å². The lowest BCUT2D eigenvalue weighted by Crippen LogP contribution is -2.58. The van der Waals surface area contributed by atoms with E-state index in [0.717, 1.165) is 21.7 Å². The molecule has 3 rings (SSSR count). The summed E-state index contributed by atoms with van der Waals surface area (Å²) < 4.78 is 20.9. The number of aryl methyl sites for hydroxylation is 1. The normalized spacial score (nSPS) is 17.0. The molecule has 260 valence electrons. The van der Waals surface area contributed by atoms with Crippen LogP contribution >= 0.6 is 11.3 Å². The largest absolute Gasteiger partial charge is 0.480 e. The van der Waals surface area contributed by atoms with E-state index in [-0.39, 0.29) is 78.3 Å². The number of carboxylic acids is 1. The zero-order valence-corrected chi connectivity index (χ0v) is 28.2. The zero-order chi connectivity index (χ0) is 34.4. The lowest BCUT2D eigenvalue weighted by molar-refractivity contribution is -0.144. The molecule has 3 amide bonds. The van der Waals surface area contributed by atoms with Crippen LogP contribution in [0, 0.1) is 12.3 Å². The monoisotopic (exact) mass is 678 g/mol. The fourth-order valence-corrected chi connectivity index (χ4v) is 5.68. The highest BCUT2D eigenvalue weighted by Crippen LogP contribution is 2.28. The van der Waals surface area contributed by atoms with Crippen molar-refractivity contribution >= 4 is 35.0 Å². The molecule has 47 heavy (non-hydrogen) atoms. The first-order chi connectivity index (χ1) is 22.4. The maximum Gasteiger partial charge on any atom is 0.329 e. The van der Waals surface area contributed by atoms with Gasteiger partial charge >= 0.3 is 5.97 Å². The summed E-state index contributed by atoms with van der Waals surface area (Å²) in [5.74, 6) is -2.37. The van der Waals surface area contributed by atoms with Crippen LogP contribution in [0.2, 0.25) is 0 Å². The molecule has 1 saturated heterocycles. The number of rotatable bonds is 19. The second-order valence-electron chi connectivity index (χ2n) is 12.2. The van der Waals surface area contributed by atoms with E-state index in [4.69, 9.17) is 24.1 Å². The van der Waals surface area contributed by atoms with E-state index in [2.05, 4.69) is 15.6 Å². The van der Waals surface area contributed by atoms with Gasteiger partial charge in [0.15, 0.2) is 0 Å². The van der Waals surface area contributed by atoms with Crippen molar-refractivity contribution in [2.75, 3.05) is 59.4 Å². The molecule has 14 nitrogen and oxygen atoms in total. The molecule has 1 aromatic carbocycles. The Morgan fingerprint density at radius 2 is 1.57 bits per heavy atom. The summed E-state index contributed by atoms with van der Waals surface area (Å²) >= 11 is 1.57. The first kappa shape index (κ1) is 38.0. The van der Waals surface area contributed by atoms with Crippen molar-refractivity contribution in [3.8, 4) is 10.4 Å². The molecule has 0 bridgehead atoms. The highest BCUT2D eigenvalue weighted by Gasteiger charge is 2.44. The van der Waals surface area contributed by atoms with Gasteiger partial charge in [0.1, 0.15) is 25.3 Å². The predicted molar refractivity (Wildman–Crippen MR) is 173 cm³/mol. The van der Waals surface area contributed by atoms with E-state index in [1.54, 1.807) is 16.8 Å². The number of aliphatic carboxylic acids is 1. The Morgan fingerprint density at radius 1 is 0.979 bits per heavy atom. The highest BCUT2D eigenvalue weighted by molar-refractivity contribution is 7.13. The Hall–Kier alpha value is -3.47. The number of aliphatic hydroxyl groups is 1. The van der Waals surface area contributed by atoms with E-state index in [9.17, 15) is 24.3 Å². The zero-order valence-electron chi connectivity index (χ0n) is 27.4. The number of aromatic nitrogens is 1. The average Bonchev–Trinajstić information content (AvgIpc) is 3.63. The molecule has 3 unspecified atom stereocenters. The van der Waals surface area contributed by atoms with Crippen LogP contribution in [-0.2, 0) is 44.7 Å². The minimum Gasteiger partial charge on any atom is -0.480 e. The molecule has 15 heteroatoms. The summed E-state index contributed by atoms with van der Waals surface area (Å²) in [5, 5.41) is 24.5. The van der Waals surface area contributed by atoms with Crippen molar-refractivity contribution < 1.29 is 48.3 Å². The quantitative estimate of drug-likeness (QED) is 0.157. The number of nitrogens with one attached hydrogen (secondary N) is 2. The summed E-state index contributed by atoms with van der Waals surface area (Å²) in [6.45, 7) is 8.28. The topological polar surface area (TPSA) is 186 Å². The van der Waals surface area contributed by atoms with E-state index < -0.39 is 41.4 Å². The average molecular weight is 679 g/mol. The first-order valence-corrected chi connectivity index (χ1v) is 16.3. The summed E-state index contributed by atoms with van der Waals surface area (Å²) in [4.78, 5) is 56.8. The predicted octanol–water partition coefficient (Wildman–Crippen LogP) is 1.38. The number of β-amino-alcohol motifs (C(OH)–C–C–N with tert-alkyl or cyclic N) is 1. The molecule has 1 aliphatic rings. The molecule has 1 aromatic heterocycles. The number of likely N-dealkylation sites (tertiary alicyclic amines) is 1. The number of benzene rings is 1. The van der Waals surface area contributed by atoms with Gasteiger partial charge in [0.25, 0.3) is 0 Å². The Bertz CT molecular complexity index is 1310. The van der Waals surface area contributed by atoms with Crippen LogP contribution in [-0.4, -0.2) is 121 Å². The minimum atomic E-state index is -1.04. The van der Waals surface area contributed by atoms with Gasteiger partial charge in [0.05, 0.1) is 61.8 Å². The van der Waals surface area contributed by atoms with Crippen LogP contribution in [0.5, 0.6) is 0 Å². The molecule has 2 heterocycles. The second kappa shape index (κ2) is 18.8. The molecular formula is C32H46N4O10S. The lowest BCUT2D eigenvalue weighted by atomic mass is 9.85. The SMILES string of the molecule is Cc1ncsc1-c1ccc(CNC(=O)C2CC(O)CN2C(=O)C(NC(=O)COCCOCCOCCOCC(=O)O)C(C)(C)C)cc1. The Kier molecular flexibility index (Phi) is 15.2. The Balaban J connectivity index is 1.43. The minimum absolute atomic E-state index is 0.0187. The molecule has 0 spiro atoms. The molecule has 1 aliphatic heterocycles. The molecule has 0 aliphatic carbocycles. The van der Waals surface area contributed by atoms with Crippen LogP contribution in [0.15, 0.2) is 29.8 Å². The number of ether oxygens (including phenoxy) is 4. The third-order valence-corrected chi connectivity index (χ3v) is 8.26. The number of thiazole rings is 1. The molecular weight excluding hydrogens is 632 g/mol. The molecule has 4 N–H and O–H groups in total. The number of amides is 3. The van der Waals surface area contributed by atoms with Crippen molar-refractivity contribution in [1.82, 2.24) is 20.5 Å². The maximum atomic E-state index is 13.7. The molecule has 0 saturated carbocycles. The van der Waals surface area contributed by atoms with Crippen molar-refractivity contribution in [3.63, 3.8) is 0 Å². The van der Waals surface area contributed by atoms with Crippen LogP contribution in [0.25, 0.3) is 10.4 Å². The number of carbonyl (C=O) groups is 4. The smallest absolute Gasteiger partial charge is 0.329 e. The maximum absolute atomic E-state index is 13.7. The van der Waals surface area contributed by atoms with Gasteiger partial charge in [-0.15, -0.1) is 11.3 Å². The van der Waals surface area contributed by atoms with Crippen LogP contribution < -0.4 is 10.6 Å². The first-order valence-electron chi connectivity index (χ1n) is 15.4. The van der Waals surface area contributed by atoms with Crippen molar-refractivity contribution in [2.24, 2.45) is 5.41 Å². The fraction of sp³-hybridized carbons (Fsp3) is 0.594. The molecule has 1 fully saturated rings. The highest BCUT2D eigenvalue weighted by atomic mass is 32.1. The van der Waals surface area contributed by atoms with Crippen LogP contribution in [0.3, 0.4) is 0 Å².